The molecule has 0 radical (unpaired) electrons. The van der Waals surface area contributed by atoms with E-state index in [1.165, 1.54) is 0 Å². The Labute approximate surface area is 159 Å². The zero-order valence-electron chi connectivity index (χ0n) is 14.6. The number of aryl methyl sites for hydroxylation is 1. The van der Waals surface area contributed by atoms with Crippen LogP contribution in [0.15, 0.2) is 82.7 Å². The van der Waals surface area contributed by atoms with Crippen LogP contribution in [0.5, 0.6) is 0 Å². The second-order valence-electron chi connectivity index (χ2n) is 5.97. The normalized spacial score (nSPS) is 11.0. The number of rotatable bonds is 5. The van der Waals surface area contributed by atoms with E-state index in [-0.39, 0.29) is 23.8 Å². The van der Waals surface area contributed by atoms with Crippen LogP contribution < -0.4 is 11.3 Å². The molecule has 3 rings (SSSR count). The van der Waals surface area contributed by atoms with Gasteiger partial charge in [0.2, 0.25) is 0 Å². The molecule has 2 aromatic carbocycles. The molecule has 3 aromatic rings. The molecule has 0 fully saturated rings. The van der Waals surface area contributed by atoms with E-state index in [0.717, 1.165) is 16.7 Å². The third kappa shape index (κ3) is 4.61. The smallest absolute Gasteiger partial charge is 0.261 e. The van der Waals surface area contributed by atoms with Gasteiger partial charge < -0.3 is 10.3 Å². The summed E-state index contributed by atoms with van der Waals surface area (Å²) in [7, 11) is 0. The van der Waals surface area contributed by atoms with Crippen LogP contribution in [-0.4, -0.2) is 10.4 Å². The summed E-state index contributed by atoms with van der Waals surface area (Å²) in [5, 5.41) is 0. The predicted octanol–water partition coefficient (Wildman–Crippen LogP) is 3.53. The molecule has 1 heterocycles. The fourth-order valence-corrected chi connectivity index (χ4v) is 2.68. The second-order valence-corrected chi connectivity index (χ2v) is 5.97. The molecule has 0 atom stereocenters. The number of hydrogen-bond donors (Lipinski definition) is 1. The lowest BCUT2D eigenvalue weighted by Gasteiger charge is -2.08. The molecule has 0 amide bonds. The lowest BCUT2D eigenvalue weighted by Crippen LogP contribution is -2.30. The van der Waals surface area contributed by atoms with Gasteiger partial charge in [-0.15, -0.1) is 12.4 Å². The topological polar surface area (TPSA) is 60.4 Å². The Kier molecular flexibility index (Phi) is 6.75. The van der Waals surface area contributed by atoms with Crippen molar-refractivity contribution in [3.8, 4) is 0 Å². The molecular weight excluding hydrogens is 346 g/mol. The Morgan fingerprint density at radius 1 is 1.00 bits per heavy atom. The van der Waals surface area contributed by atoms with Crippen LogP contribution in [0.2, 0.25) is 0 Å². The minimum atomic E-state index is -0.127. The summed E-state index contributed by atoms with van der Waals surface area (Å²) in [6.07, 6.45) is 1.77. The fourth-order valence-electron chi connectivity index (χ4n) is 2.68. The monoisotopic (exact) mass is 367 g/mol. The fraction of sp³-hybridized carbons (Fsp3) is 0.143. The number of halogens is 1. The maximum absolute atomic E-state index is 12.7. The van der Waals surface area contributed by atoms with E-state index >= 15 is 0 Å². The molecule has 1 aromatic heterocycles. The number of pyridine rings is 1. The first-order valence-electron chi connectivity index (χ1n) is 8.23. The predicted molar refractivity (Wildman–Crippen MR) is 109 cm³/mol. The van der Waals surface area contributed by atoms with Crippen LogP contribution in [-0.2, 0) is 13.1 Å². The Bertz CT molecular complexity index is 949. The average Bonchev–Trinajstić information content (AvgIpc) is 2.63. The summed E-state index contributed by atoms with van der Waals surface area (Å²) in [5.74, 6) is 0.274. The molecule has 4 nitrogen and oxygen atoms in total. The average molecular weight is 368 g/mol. The van der Waals surface area contributed by atoms with E-state index in [0.29, 0.717) is 18.7 Å². The van der Waals surface area contributed by atoms with Gasteiger partial charge in [-0.2, -0.15) is 0 Å². The van der Waals surface area contributed by atoms with E-state index in [4.69, 9.17) is 5.73 Å². The molecule has 5 heteroatoms. The first-order chi connectivity index (χ1) is 12.1. The zero-order valence-corrected chi connectivity index (χ0v) is 15.4. The first-order valence-corrected chi connectivity index (χ1v) is 8.23. The number of amidine groups is 1. The zero-order chi connectivity index (χ0) is 17.6. The Balaban J connectivity index is 0.00000243. The molecule has 0 bridgehead atoms. The van der Waals surface area contributed by atoms with E-state index in [9.17, 15) is 4.79 Å². The Hall–Kier alpha value is -2.85. The Morgan fingerprint density at radius 2 is 1.69 bits per heavy atom. The highest BCUT2D eigenvalue weighted by molar-refractivity contribution is 5.97. The van der Waals surface area contributed by atoms with Crippen molar-refractivity contribution in [1.82, 2.24) is 4.57 Å². The highest BCUT2D eigenvalue weighted by Gasteiger charge is 2.08. The van der Waals surface area contributed by atoms with Crippen LogP contribution in [0.3, 0.4) is 0 Å². The largest absolute Gasteiger partial charge is 0.383 e. The van der Waals surface area contributed by atoms with Crippen molar-refractivity contribution in [2.75, 3.05) is 0 Å². The molecule has 0 saturated carbocycles. The van der Waals surface area contributed by atoms with Crippen molar-refractivity contribution in [3.63, 3.8) is 0 Å². The van der Waals surface area contributed by atoms with E-state index in [2.05, 4.69) is 4.99 Å². The van der Waals surface area contributed by atoms with Crippen LogP contribution in [0.25, 0.3) is 0 Å². The van der Waals surface area contributed by atoms with Crippen molar-refractivity contribution in [2.45, 2.75) is 20.0 Å². The van der Waals surface area contributed by atoms with Crippen LogP contribution >= 0.6 is 12.4 Å². The third-order valence-corrected chi connectivity index (χ3v) is 4.17. The number of aliphatic imine (C=N–C) groups is 1. The summed E-state index contributed by atoms with van der Waals surface area (Å²) in [5.41, 5.74) is 9.73. The molecular formula is C21H22ClN3O. The van der Waals surface area contributed by atoms with Gasteiger partial charge in [0.1, 0.15) is 5.84 Å². The van der Waals surface area contributed by atoms with E-state index in [1.54, 1.807) is 16.8 Å². The van der Waals surface area contributed by atoms with Crippen molar-refractivity contribution >= 4 is 18.2 Å². The van der Waals surface area contributed by atoms with Crippen molar-refractivity contribution < 1.29 is 0 Å². The highest BCUT2D eigenvalue weighted by atomic mass is 35.5. The molecule has 2 N–H and O–H groups in total. The summed E-state index contributed by atoms with van der Waals surface area (Å²) in [4.78, 5) is 17.1. The van der Waals surface area contributed by atoms with Gasteiger partial charge in [-0.05, 0) is 35.7 Å². The lowest BCUT2D eigenvalue weighted by atomic mass is 10.1. The van der Waals surface area contributed by atoms with E-state index < -0.39 is 0 Å². The second kappa shape index (κ2) is 9.02. The number of nitrogens with zero attached hydrogens (tertiary/aromatic N) is 2. The maximum Gasteiger partial charge on any atom is 0.261 e. The SMILES string of the molecule is Cc1ccccc1CN=C(N)c1cccn(Cc2ccccc2)c1=O.Cl. The molecule has 26 heavy (non-hydrogen) atoms. The molecule has 0 aliphatic rings. The maximum atomic E-state index is 12.7. The minimum absolute atomic E-state index is 0. The first kappa shape index (κ1) is 19.5. The van der Waals surface area contributed by atoms with E-state index in [1.807, 2.05) is 67.6 Å². The summed E-state index contributed by atoms with van der Waals surface area (Å²) < 4.78 is 1.65. The summed E-state index contributed by atoms with van der Waals surface area (Å²) in [6.45, 7) is 3.01. The molecule has 0 unspecified atom stereocenters. The number of hydrogen-bond acceptors (Lipinski definition) is 2. The van der Waals surface area contributed by atoms with Gasteiger partial charge in [0.25, 0.3) is 5.56 Å². The molecule has 0 aliphatic carbocycles. The van der Waals surface area contributed by atoms with Gasteiger partial charge in [0.15, 0.2) is 0 Å². The number of aromatic nitrogens is 1. The van der Waals surface area contributed by atoms with Crippen molar-refractivity contribution in [2.24, 2.45) is 10.7 Å². The molecule has 0 spiro atoms. The third-order valence-electron chi connectivity index (χ3n) is 4.17. The highest BCUT2D eigenvalue weighted by Crippen LogP contribution is 2.08. The summed E-state index contributed by atoms with van der Waals surface area (Å²) >= 11 is 0. The quantitative estimate of drug-likeness (QED) is 0.554. The molecule has 134 valence electrons. The van der Waals surface area contributed by atoms with Gasteiger partial charge in [-0.3, -0.25) is 9.79 Å². The standard InChI is InChI=1S/C21H21N3O.ClH/c1-16-8-5-6-11-18(16)14-23-20(22)19-12-7-13-24(21(19)25)15-17-9-3-2-4-10-17;/h2-13H,14-15H2,1H3,(H2,22,23);1H. The molecule has 0 saturated heterocycles. The van der Waals surface area contributed by atoms with Crippen LogP contribution in [0.4, 0.5) is 0 Å². The Morgan fingerprint density at radius 3 is 2.42 bits per heavy atom. The minimum Gasteiger partial charge on any atom is -0.383 e. The van der Waals surface area contributed by atoms with Crippen molar-refractivity contribution in [1.29, 1.82) is 0 Å². The summed E-state index contributed by atoms with van der Waals surface area (Å²) in [6, 6.07) is 21.4. The number of nitrogens with two attached hydrogens (primary N) is 1. The van der Waals surface area contributed by atoms with Crippen LogP contribution in [0, 0.1) is 6.92 Å². The van der Waals surface area contributed by atoms with Gasteiger partial charge >= 0.3 is 0 Å². The van der Waals surface area contributed by atoms with Gasteiger partial charge in [0, 0.05) is 6.20 Å². The van der Waals surface area contributed by atoms with Gasteiger partial charge in [-0.1, -0.05) is 54.6 Å². The van der Waals surface area contributed by atoms with Crippen LogP contribution in [0.1, 0.15) is 22.3 Å². The van der Waals surface area contributed by atoms with Crippen molar-refractivity contribution in [3.05, 3.63) is 106 Å². The molecule has 0 aliphatic heterocycles. The lowest BCUT2D eigenvalue weighted by molar-refractivity contribution is 0.757. The van der Waals surface area contributed by atoms with Gasteiger partial charge in [-0.25, -0.2) is 0 Å². The van der Waals surface area contributed by atoms with Gasteiger partial charge in [0.05, 0.1) is 18.7 Å². The number of benzene rings is 2.